The van der Waals surface area contributed by atoms with Crippen LogP contribution in [0.5, 0.6) is 0 Å². The molecule has 0 fully saturated rings. The van der Waals surface area contributed by atoms with Crippen molar-refractivity contribution in [1.82, 2.24) is 0 Å². The van der Waals surface area contributed by atoms with Gasteiger partial charge < -0.3 is 0 Å². The quantitative estimate of drug-likeness (QED) is 0.254. The van der Waals surface area contributed by atoms with E-state index in [9.17, 15) is 0 Å². The fraction of sp³-hybridized carbons (Fsp3) is 0.722. The van der Waals surface area contributed by atoms with Crippen LogP contribution in [0.25, 0.3) is 0 Å². The third-order valence-electron chi connectivity index (χ3n) is 3.23. The number of allylic oxidation sites excluding steroid dienone is 4. The number of rotatable bonds is 13. The first-order valence-corrected chi connectivity index (χ1v) is 8.02. The predicted molar refractivity (Wildman–Crippen MR) is 84.7 cm³/mol. The molecule has 0 rings (SSSR count). The molecule has 0 aromatic rings. The highest BCUT2D eigenvalue weighted by Crippen LogP contribution is 2.08. The molecule has 0 atom stereocenters. The van der Waals surface area contributed by atoms with E-state index in [2.05, 4.69) is 38.2 Å². The second-order valence-electron chi connectivity index (χ2n) is 5.12. The summed E-state index contributed by atoms with van der Waals surface area (Å²) in [7, 11) is 0. The molecule has 0 aromatic heterocycles. The third-order valence-corrected chi connectivity index (χ3v) is 3.23. The van der Waals surface area contributed by atoms with Crippen LogP contribution < -0.4 is 0 Å². The van der Waals surface area contributed by atoms with Gasteiger partial charge in [-0.2, -0.15) is 0 Å². The van der Waals surface area contributed by atoms with Crippen LogP contribution in [0.15, 0.2) is 24.3 Å². The van der Waals surface area contributed by atoms with Crippen molar-refractivity contribution in [3.8, 4) is 0 Å². The van der Waals surface area contributed by atoms with E-state index in [1.807, 2.05) is 0 Å². The van der Waals surface area contributed by atoms with Crippen LogP contribution in [-0.4, -0.2) is 0 Å². The molecular formula is C18H33. The summed E-state index contributed by atoms with van der Waals surface area (Å²) in [4.78, 5) is 0. The lowest BCUT2D eigenvalue weighted by molar-refractivity contribution is 0.599. The summed E-state index contributed by atoms with van der Waals surface area (Å²) in [6, 6.07) is 0. The van der Waals surface area contributed by atoms with Crippen molar-refractivity contribution in [3.05, 3.63) is 31.2 Å². The molecule has 0 N–H and O–H groups in total. The summed E-state index contributed by atoms with van der Waals surface area (Å²) in [5.74, 6) is 0. The standard InChI is InChI=1S/C18H33/c1-3-5-7-9-11-13-15-17-18-16-14-12-10-8-6-4-2/h12,14,16,18H,1,3-11,13,15,17H2,2H3/b14-12+,18-16+. The summed E-state index contributed by atoms with van der Waals surface area (Å²) >= 11 is 0. The maximum Gasteiger partial charge on any atom is -0.0348 e. The minimum atomic E-state index is 1.10. The van der Waals surface area contributed by atoms with Gasteiger partial charge in [0.2, 0.25) is 0 Å². The van der Waals surface area contributed by atoms with Gasteiger partial charge in [0.25, 0.3) is 0 Å². The van der Waals surface area contributed by atoms with Gasteiger partial charge in [-0.25, -0.2) is 0 Å². The number of unbranched alkanes of at least 4 members (excludes halogenated alkanes) is 10. The number of hydrogen-bond acceptors (Lipinski definition) is 0. The lowest BCUT2D eigenvalue weighted by atomic mass is 10.1. The highest BCUT2D eigenvalue weighted by atomic mass is 13.9. The van der Waals surface area contributed by atoms with Crippen molar-refractivity contribution >= 4 is 0 Å². The van der Waals surface area contributed by atoms with Gasteiger partial charge >= 0.3 is 0 Å². The Bertz CT molecular complexity index is 188. The Morgan fingerprint density at radius 3 is 1.72 bits per heavy atom. The second kappa shape index (κ2) is 16.5. The van der Waals surface area contributed by atoms with Crippen molar-refractivity contribution in [2.45, 2.75) is 84.0 Å². The van der Waals surface area contributed by atoms with Crippen molar-refractivity contribution in [2.75, 3.05) is 0 Å². The van der Waals surface area contributed by atoms with Crippen LogP contribution in [0.3, 0.4) is 0 Å². The molecule has 0 aliphatic rings. The van der Waals surface area contributed by atoms with Crippen LogP contribution >= 0.6 is 0 Å². The predicted octanol–water partition coefficient (Wildman–Crippen LogP) is 6.63. The molecule has 1 radical (unpaired) electrons. The topological polar surface area (TPSA) is 0 Å². The van der Waals surface area contributed by atoms with Gasteiger partial charge in [0.1, 0.15) is 0 Å². The molecule has 0 aromatic carbocycles. The summed E-state index contributed by atoms with van der Waals surface area (Å²) in [6.45, 7) is 6.12. The summed E-state index contributed by atoms with van der Waals surface area (Å²) in [5.41, 5.74) is 0. The molecule has 0 heteroatoms. The molecule has 18 heavy (non-hydrogen) atoms. The first-order valence-electron chi connectivity index (χ1n) is 8.02. The van der Waals surface area contributed by atoms with Crippen molar-refractivity contribution in [2.24, 2.45) is 0 Å². The average molecular weight is 249 g/mol. The van der Waals surface area contributed by atoms with E-state index >= 15 is 0 Å². The van der Waals surface area contributed by atoms with Crippen LogP contribution in [0.2, 0.25) is 0 Å². The maximum atomic E-state index is 3.87. The fourth-order valence-corrected chi connectivity index (χ4v) is 2.01. The summed E-state index contributed by atoms with van der Waals surface area (Å²) in [5, 5.41) is 0. The Kier molecular flexibility index (Phi) is 16.0. The van der Waals surface area contributed by atoms with Gasteiger partial charge in [0.15, 0.2) is 0 Å². The zero-order chi connectivity index (χ0) is 13.3. The van der Waals surface area contributed by atoms with E-state index < -0.39 is 0 Å². The number of hydrogen-bond donors (Lipinski definition) is 0. The van der Waals surface area contributed by atoms with Crippen molar-refractivity contribution < 1.29 is 0 Å². The molecule has 0 heterocycles. The largest absolute Gasteiger partial charge is 0.0845 e. The highest BCUT2D eigenvalue weighted by Gasteiger charge is 1.88. The average Bonchev–Trinajstić information content (AvgIpc) is 2.39. The monoisotopic (exact) mass is 249 g/mol. The first kappa shape index (κ1) is 17.5. The zero-order valence-electron chi connectivity index (χ0n) is 12.5. The van der Waals surface area contributed by atoms with Gasteiger partial charge in [-0.3, -0.25) is 0 Å². The summed E-state index contributed by atoms with van der Waals surface area (Å²) < 4.78 is 0. The maximum absolute atomic E-state index is 3.87. The van der Waals surface area contributed by atoms with Crippen LogP contribution in [0.4, 0.5) is 0 Å². The van der Waals surface area contributed by atoms with Crippen LogP contribution in [0.1, 0.15) is 84.0 Å². The minimum Gasteiger partial charge on any atom is -0.0845 e. The van der Waals surface area contributed by atoms with Crippen molar-refractivity contribution in [1.29, 1.82) is 0 Å². The van der Waals surface area contributed by atoms with E-state index in [1.165, 1.54) is 70.6 Å². The normalized spacial score (nSPS) is 11.9. The molecule has 0 unspecified atom stereocenters. The lowest BCUT2D eigenvalue weighted by Gasteiger charge is -1.98. The molecule has 0 nitrogen and oxygen atoms in total. The first-order chi connectivity index (χ1) is 8.91. The van der Waals surface area contributed by atoms with Crippen molar-refractivity contribution in [3.63, 3.8) is 0 Å². The molecule has 0 saturated heterocycles. The molecular weight excluding hydrogens is 216 g/mol. The third kappa shape index (κ3) is 15.5. The minimum absolute atomic E-state index is 1.10. The Balaban J connectivity index is 3.13. The van der Waals surface area contributed by atoms with E-state index in [0.717, 1.165) is 6.42 Å². The van der Waals surface area contributed by atoms with E-state index in [-0.39, 0.29) is 0 Å². The van der Waals surface area contributed by atoms with Gasteiger partial charge in [-0.05, 0) is 25.7 Å². The lowest BCUT2D eigenvalue weighted by Crippen LogP contribution is -1.78. The Hall–Kier alpha value is -0.520. The molecule has 0 spiro atoms. The molecule has 105 valence electrons. The Labute approximate surface area is 116 Å². The SMILES string of the molecule is [CH2]CCCCCCCC/C=C/C=C/CCCCC. The fourth-order valence-electron chi connectivity index (χ4n) is 2.01. The molecule has 0 saturated carbocycles. The molecule has 0 aliphatic heterocycles. The van der Waals surface area contributed by atoms with Gasteiger partial charge in [-0.1, -0.05) is 89.5 Å². The van der Waals surface area contributed by atoms with E-state index in [0.29, 0.717) is 0 Å². The zero-order valence-corrected chi connectivity index (χ0v) is 12.5. The highest BCUT2D eigenvalue weighted by molar-refractivity contribution is 5.02. The molecule has 0 bridgehead atoms. The van der Waals surface area contributed by atoms with Crippen LogP contribution in [-0.2, 0) is 0 Å². The second-order valence-corrected chi connectivity index (χ2v) is 5.12. The van der Waals surface area contributed by atoms with Crippen LogP contribution in [0, 0.1) is 6.92 Å². The molecule has 0 aliphatic carbocycles. The molecule has 0 amide bonds. The Morgan fingerprint density at radius 1 is 0.667 bits per heavy atom. The van der Waals surface area contributed by atoms with Gasteiger partial charge in [0, 0.05) is 0 Å². The van der Waals surface area contributed by atoms with E-state index in [1.54, 1.807) is 0 Å². The van der Waals surface area contributed by atoms with Gasteiger partial charge in [0.05, 0.1) is 0 Å². The summed E-state index contributed by atoms with van der Waals surface area (Å²) in [6.07, 6.45) is 24.9. The van der Waals surface area contributed by atoms with E-state index in [4.69, 9.17) is 0 Å². The van der Waals surface area contributed by atoms with Gasteiger partial charge in [-0.15, -0.1) is 0 Å². The smallest absolute Gasteiger partial charge is 0.0348 e. The Morgan fingerprint density at radius 2 is 1.17 bits per heavy atom.